The number of hydrogen-bond donors (Lipinski definition) is 2. The summed E-state index contributed by atoms with van der Waals surface area (Å²) in [7, 11) is 0. The van der Waals surface area contributed by atoms with Gasteiger partial charge in [0.1, 0.15) is 6.04 Å². The molecule has 0 aliphatic rings. The molecule has 16 heavy (non-hydrogen) atoms. The molecule has 2 unspecified atom stereocenters. The summed E-state index contributed by atoms with van der Waals surface area (Å²) >= 11 is 0. The van der Waals surface area contributed by atoms with Crippen LogP contribution in [0.2, 0.25) is 0 Å². The Bertz CT molecular complexity index is 335. The summed E-state index contributed by atoms with van der Waals surface area (Å²) in [4.78, 5) is 10.8. The van der Waals surface area contributed by atoms with E-state index in [0.717, 1.165) is 5.56 Å². The lowest BCUT2D eigenvalue weighted by molar-refractivity contribution is -0.139. The van der Waals surface area contributed by atoms with Gasteiger partial charge in [-0.15, -0.1) is 0 Å². The van der Waals surface area contributed by atoms with Gasteiger partial charge in [-0.25, -0.2) is 0 Å². The molecule has 2 atom stereocenters. The Morgan fingerprint density at radius 2 is 1.75 bits per heavy atom. The summed E-state index contributed by atoms with van der Waals surface area (Å²) < 4.78 is 0. The summed E-state index contributed by atoms with van der Waals surface area (Å²) in [5.41, 5.74) is 1.13. The van der Waals surface area contributed by atoms with Gasteiger partial charge in [0.05, 0.1) is 0 Å². The van der Waals surface area contributed by atoms with E-state index < -0.39 is 12.0 Å². The molecule has 0 spiro atoms. The third-order valence-electron chi connectivity index (χ3n) is 2.63. The Labute approximate surface area is 96.5 Å². The third kappa shape index (κ3) is 3.35. The van der Waals surface area contributed by atoms with Crippen molar-refractivity contribution < 1.29 is 9.90 Å². The van der Waals surface area contributed by atoms with Gasteiger partial charge in [0.25, 0.3) is 0 Å². The average molecular weight is 221 g/mol. The standard InChI is InChI=1S/C13H19NO2/c1-9(2)12(14-10(3)13(15)16)11-7-5-4-6-8-11/h4-10,12,14H,1-3H3,(H,15,16). The highest BCUT2D eigenvalue weighted by atomic mass is 16.4. The maximum absolute atomic E-state index is 10.8. The number of aliphatic carboxylic acids is 1. The van der Waals surface area contributed by atoms with Gasteiger partial charge in [0.15, 0.2) is 0 Å². The van der Waals surface area contributed by atoms with Crippen LogP contribution in [-0.2, 0) is 4.79 Å². The second kappa shape index (κ2) is 5.66. The first-order chi connectivity index (χ1) is 7.52. The van der Waals surface area contributed by atoms with Crippen LogP contribution < -0.4 is 5.32 Å². The Balaban J connectivity index is 2.81. The predicted molar refractivity (Wildman–Crippen MR) is 64.3 cm³/mol. The van der Waals surface area contributed by atoms with Crippen LogP contribution in [0.4, 0.5) is 0 Å². The third-order valence-corrected chi connectivity index (χ3v) is 2.63. The molecule has 0 heterocycles. The number of carbonyl (C=O) groups is 1. The largest absolute Gasteiger partial charge is 0.480 e. The van der Waals surface area contributed by atoms with Gasteiger partial charge in [-0.1, -0.05) is 44.2 Å². The highest BCUT2D eigenvalue weighted by molar-refractivity contribution is 5.72. The van der Waals surface area contributed by atoms with E-state index in [2.05, 4.69) is 19.2 Å². The Kier molecular flexibility index (Phi) is 4.50. The van der Waals surface area contributed by atoms with Crippen molar-refractivity contribution in [3.63, 3.8) is 0 Å². The zero-order chi connectivity index (χ0) is 12.1. The molecule has 3 nitrogen and oxygen atoms in total. The lowest BCUT2D eigenvalue weighted by Crippen LogP contribution is -2.38. The first-order valence-electron chi connectivity index (χ1n) is 5.56. The van der Waals surface area contributed by atoms with Gasteiger partial charge in [-0.3, -0.25) is 10.1 Å². The molecule has 3 heteroatoms. The van der Waals surface area contributed by atoms with E-state index in [9.17, 15) is 4.79 Å². The quantitative estimate of drug-likeness (QED) is 0.803. The van der Waals surface area contributed by atoms with Crippen molar-refractivity contribution in [1.82, 2.24) is 5.32 Å². The number of rotatable bonds is 5. The van der Waals surface area contributed by atoms with Crippen LogP contribution in [0.25, 0.3) is 0 Å². The van der Waals surface area contributed by atoms with Gasteiger partial charge in [-0.05, 0) is 18.4 Å². The molecular weight excluding hydrogens is 202 g/mol. The van der Waals surface area contributed by atoms with Crippen molar-refractivity contribution in [2.24, 2.45) is 5.92 Å². The fourth-order valence-electron chi connectivity index (χ4n) is 1.67. The van der Waals surface area contributed by atoms with Crippen LogP contribution in [0.15, 0.2) is 30.3 Å². The van der Waals surface area contributed by atoms with Crippen molar-refractivity contribution in [3.05, 3.63) is 35.9 Å². The van der Waals surface area contributed by atoms with Crippen molar-refractivity contribution in [2.45, 2.75) is 32.9 Å². The summed E-state index contributed by atoms with van der Waals surface area (Å²) in [6.45, 7) is 5.83. The number of nitrogens with one attached hydrogen (secondary N) is 1. The molecular formula is C13H19NO2. The lowest BCUT2D eigenvalue weighted by Gasteiger charge is -2.25. The Morgan fingerprint density at radius 3 is 2.19 bits per heavy atom. The van der Waals surface area contributed by atoms with Gasteiger partial charge in [0.2, 0.25) is 0 Å². The van der Waals surface area contributed by atoms with E-state index in [1.807, 2.05) is 30.3 Å². The fourth-order valence-corrected chi connectivity index (χ4v) is 1.67. The van der Waals surface area contributed by atoms with Crippen LogP contribution in [0, 0.1) is 5.92 Å². The van der Waals surface area contributed by atoms with E-state index in [1.165, 1.54) is 0 Å². The van der Waals surface area contributed by atoms with Crippen molar-refractivity contribution >= 4 is 5.97 Å². The van der Waals surface area contributed by atoms with E-state index >= 15 is 0 Å². The molecule has 1 rings (SSSR count). The molecule has 0 aromatic heterocycles. The minimum absolute atomic E-state index is 0.0762. The van der Waals surface area contributed by atoms with Crippen LogP contribution >= 0.6 is 0 Å². The summed E-state index contributed by atoms with van der Waals surface area (Å²) in [6.07, 6.45) is 0. The molecule has 0 saturated heterocycles. The van der Waals surface area contributed by atoms with Crippen molar-refractivity contribution in [2.75, 3.05) is 0 Å². The van der Waals surface area contributed by atoms with Gasteiger partial charge < -0.3 is 5.11 Å². The molecule has 0 aliphatic heterocycles. The maximum atomic E-state index is 10.8. The minimum atomic E-state index is -0.818. The molecule has 0 amide bonds. The molecule has 1 aromatic rings. The Morgan fingerprint density at radius 1 is 1.19 bits per heavy atom. The molecule has 0 saturated carbocycles. The van der Waals surface area contributed by atoms with Gasteiger partial charge >= 0.3 is 5.97 Å². The van der Waals surface area contributed by atoms with Crippen LogP contribution in [0.1, 0.15) is 32.4 Å². The molecule has 0 fully saturated rings. The molecule has 1 aromatic carbocycles. The normalized spacial score (nSPS) is 14.8. The maximum Gasteiger partial charge on any atom is 0.320 e. The number of carboxylic acids is 1. The first-order valence-corrected chi connectivity index (χ1v) is 5.56. The highest BCUT2D eigenvalue weighted by Crippen LogP contribution is 2.21. The van der Waals surface area contributed by atoms with Gasteiger partial charge in [-0.2, -0.15) is 0 Å². The lowest BCUT2D eigenvalue weighted by atomic mass is 9.95. The number of benzene rings is 1. The molecule has 88 valence electrons. The van der Waals surface area contributed by atoms with E-state index in [0.29, 0.717) is 5.92 Å². The first kappa shape index (κ1) is 12.7. The van der Waals surface area contributed by atoms with Crippen molar-refractivity contribution in [1.29, 1.82) is 0 Å². The smallest absolute Gasteiger partial charge is 0.320 e. The Hall–Kier alpha value is -1.35. The predicted octanol–water partition coefficient (Wildman–Crippen LogP) is 2.45. The van der Waals surface area contributed by atoms with Crippen LogP contribution in [0.3, 0.4) is 0 Å². The van der Waals surface area contributed by atoms with Crippen molar-refractivity contribution in [3.8, 4) is 0 Å². The molecule has 2 N–H and O–H groups in total. The van der Waals surface area contributed by atoms with Crippen LogP contribution in [-0.4, -0.2) is 17.1 Å². The average Bonchev–Trinajstić information content (AvgIpc) is 2.26. The van der Waals surface area contributed by atoms with Crippen LogP contribution in [0.5, 0.6) is 0 Å². The highest BCUT2D eigenvalue weighted by Gasteiger charge is 2.20. The molecule has 0 aliphatic carbocycles. The molecule has 0 bridgehead atoms. The zero-order valence-corrected chi connectivity index (χ0v) is 9.97. The van der Waals surface area contributed by atoms with E-state index in [1.54, 1.807) is 6.92 Å². The SMILES string of the molecule is CC(NC(c1ccccc1)C(C)C)C(=O)O. The minimum Gasteiger partial charge on any atom is -0.480 e. The topological polar surface area (TPSA) is 49.3 Å². The van der Waals surface area contributed by atoms with E-state index in [-0.39, 0.29) is 6.04 Å². The van der Waals surface area contributed by atoms with Gasteiger partial charge in [0, 0.05) is 6.04 Å². The number of carboxylic acid groups (broad SMARTS) is 1. The fraction of sp³-hybridized carbons (Fsp3) is 0.462. The molecule has 0 radical (unpaired) electrons. The number of hydrogen-bond acceptors (Lipinski definition) is 2. The van der Waals surface area contributed by atoms with E-state index in [4.69, 9.17) is 5.11 Å². The second-order valence-corrected chi connectivity index (χ2v) is 4.36. The monoisotopic (exact) mass is 221 g/mol. The summed E-state index contributed by atoms with van der Waals surface area (Å²) in [5, 5.41) is 12.0. The summed E-state index contributed by atoms with van der Waals surface area (Å²) in [5.74, 6) is -0.467. The summed E-state index contributed by atoms with van der Waals surface area (Å²) in [6, 6.07) is 9.48. The zero-order valence-electron chi connectivity index (χ0n) is 9.97. The second-order valence-electron chi connectivity index (χ2n) is 4.36.